The largest absolute Gasteiger partial charge is 0.371 e. The minimum atomic E-state index is 0.735. The quantitative estimate of drug-likeness (QED) is 0.880. The first-order valence-corrected chi connectivity index (χ1v) is 7.53. The van der Waals surface area contributed by atoms with Crippen molar-refractivity contribution in [2.75, 3.05) is 37.0 Å². The number of fused-ring (bicyclic) bond motifs is 1. The Kier molecular flexibility index (Phi) is 3.65. The molecule has 1 heterocycles. The van der Waals surface area contributed by atoms with E-state index in [1.807, 2.05) is 0 Å². The van der Waals surface area contributed by atoms with Gasteiger partial charge in [0.1, 0.15) is 0 Å². The zero-order valence-corrected chi connectivity index (χ0v) is 12.1. The molecule has 0 unspecified atom stereocenters. The van der Waals surface area contributed by atoms with Crippen molar-refractivity contribution >= 4 is 11.4 Å². The summed E-state index contributed by atoms with van der Waals surface area (Å²) < 4.78 is 0. The Balaban J connectivity index is 1.78. The van der Waals surface area contributed by atoms with Crippen LogP contribution in [0.15, 0.2) is 24.3 Å². The van der Waals surface area contributed by atoms with Crippen molar-refractivity contribution < 1.29 is 0 Å². The number of likely N-dealkylation sites (N-methyl/N-ethyl adjacent to an activating group) is 1. The summed E-state index contributed by atoms with van der Waals surface area (Å²) in [6, 6.07) is 10.3. The van der Waals surface area contributed by atoms with Gasteiger partial charge in [0.2, 0.25) is 0 Å². The maximum Gasteiger partial charge on any atom is 0.0607 e. The minimum Gasteiger partial charge on any atom is -0.371 e. The molecule has 3 rings (SSSR count). The van der Waals surface area contributed by atoms with Crippen LogP contribution in [0.4, 0.5) is 11.4 Å². The van der Waals surface area contributed by atoms with Gasteiger partial charge in [0.25, 0.3) is 0 Å². The third kappa shape index (κ3) is 2.44. The zero-order valence-electron chi connectivity index (χ0n) is 12.1. The second-order valence-electron chi connectivity index (χ2n) is 5.90. The Bertz CT molecular complexity index is 424. The van der Waals surface area contributed by atoms with E-state index in [0.29, 0.717) is 0 Å². The molecule has 0 amide bonds. The van der Waals surface area contributed by atoms with Crippen LogP contribution in [0.3, 0.4) is 0 Å². The lowest BCUT2D eigenvalue weighted by Crippen LogP contribution is -2.47. The van der Waals surface area contributed by atoms with Gasteiger partial charge in [-0.2, -0.15) is 0 Å². The highest BCUT2D eigenvalue weighted by Gasteiger charge is 2.29. The first-order chi connectivity index (χ1) is 9.29. The van der Waals surface area contributed by atoms with Crippen LogP contribution in [-0.4, -0.2) is 39.3 Å². The third-order valence-corrected chi connectivity index (χ3v) is 4.82. The maximum absolute atomic E-state index is 3.43. The van der Waals surface area contributed by atoms with E-state index in [2.05, 4.69) is 53.5 Å². The zero-order chi connectivity index (χ0) is 13.2. The van der Waals surface area contributed by atoms with E-state index in [-0.39, 0.29) is 0 Å². The van der Waals surface area contributed by atoms with E-state index in [9.17, 15) is 0 Å². The lowest BCUT2D eigenvalue weighted by atomic mass is 9.89. The van der Waals surface area contributed by atoms with Gasteiger partial charge in [0, 0.05) is 32.2 Å². The molecule has 2 aliphatic rings. The lowest BCUT2D eigenvalue weighted by Gasteiger charge is -2.44. The summed E-state index contributed by atoms with van der Waals surface area (Å²) in [7, 11) is 4.30. The van der Waals surface area contributed by atoms with E-state index in [1.165, 1.54) is 43.6 Å². The average molecular weight is 259 g/mol. The van der Waals surface area contributed by atoms with E-state index in [0.717, 1.165) is 18.6 Å². The molecule has 0 aromatic heterocycles. The number of anilines is 2. The van der Waals surface area contributed by atoms with Crippen molar-refractivity contribution in [3.63, 3.8) is 0 Å². The van der Waals surface area contributed by atoms with E-state index in [1.54, 1.807) is 0 Å². The van der Waals surface area contributed by atoms with Crippen molar-refractivity contribution in [1.82, 2.24) is 5.32 Å². The molecule has 3 heteroatoms. The summed E-state index contributed by atoms with van der Waals surface area (Å²) >= 11 is 0. The molecule has 0 atom stereocenters. The molecule has 104 valence electrons. The lowest BCUT2D eigenvalue weighted by molar-refractivity contribution is 0.344. The number of rotatable bonds is 2. The Hall–Kier alpha value is -1.22. The molecule has 0 radical (unpaired) electrons. The average Bonchev–Trinajstić information content (AvgIpc) is 2.48. The van der Waals surface area contributed by atoms with Crippen LogP contribution in [0.5, 0.6) is 0 Å². The Morgan fingerprint density at radius 1 is 1.00 bits per heavy atom. The van der Waals surface area contributed by atoms with Gasteiger partial charge >= 0.3 is 0 Å². The fourth-order valence-corrected chi connectivity index (χ4v) is 3.58. The van der Waals surface area contributed by atoms with Gasteiger partial charge in [0.05, 0.1) is 11.4 Å². The standard InChI is InChI=1S/C16H25N3/c1-17-13-7-9-14(10-8-13)19-12-11-18(2)15-5-3-4-6-16(15)19/h3-6,13-14,17H,7-12H2,1-2H3. The summed E-state index contributed by atoms with van der Waals surface area (Å²) in [4.78, 5) is 5.03. The van der Waals surface area contributed by atoms with Crippen molar-refractivity contribution in [3.05, 3.63) is 24.3 Å². The molecule has 1 N–H and O–H groups in total. The summed E-state index contributed by atoms with van der Waals surface area (Å²) in [6.45, 7) is 2.31. The van der Waals surface area contributed by atoms with Crippen LogP contribution < -0.4 is 15.1 Å². The predicted octanol–water partition coefficient (Wildman–Crippen LogP) is 2.47. The number of nitrogens with one attached hydrogen (secondary N) is 1. The molecule has 0 saturated heterocycles. The number of para-hydroxylation sites is 2. The van der Waals surface area contributed by atoms with Crippen LogP contribution in [0.1, 0.15) is 25.7 Å². The Morgan fingerprint density at radius 3 is 2.37 bits per heavy atom. The second-order valence-corrected chi connectivity index (χ2v) is 5.90. The first kappa shape index (κ1) is 12.8. The molecule has 1 aliphatic carbocycles. The van der Waals surface area contributed by atoms with Crippen molar-refractivity contribution in [2.45, 2.75) is 37.8 Å². The Morgan fingerprint density at radius 2 is 1.68 bits per heavy atom. The van der Waals surface area contributed by atoms with Crippen molar-refractivity contribution in [3.8, 4) is 0 Å². The number of hydrogen-bond acceptors (Lipinski definition) is 3. The van der Waals surface area contributed by atoms with Gasteiger partial charge in [-0.05, 0) is 44.9 Å². The van der Waals surface area contributed by atoms with Crippen LogP contribution in [-0.2, 0) is 0 Å². The van der Waals surface area contributed by atoms with E-state index < -0.39 is 0 Å². The van der Waals surface area contributed by atoms with Crippen molar-refractivity contribution in [2.24, 2.45) is 0 Å². The van der Waals surface area contributed by atoms with Crippen LogP contribution in [0.2, 0.25) is 0 Å². The summed E-state index contributed by atoms with van der Waals surface area (Å²) in [5, 5.41) is 3.43. The maximum atomic E-state index is 3.43. The highest BCUT2D eigenvalue weighted by Crippen LogP contribution is 2.36. The Labute approximate surface area is 116 Å². The normalized spacial score (nSPS) is 27.3. The van der Waals surface area contributed by atoms with Crippen LogP contribution in [0, 0.1) is 0 Å². The fraction of sp³-hybridized carbons (Fsp3) is 0.625. The predicted molar refractivity (Wildman–Crippen MR) is 82.2 cm³/mol. The molecule has 19 heavy (non-hydrogen) atoms. The van der Waals surface area contributed by atoms with E-state index >= 15 is 0 Å². The van der Waals surface area contributed by atoms with Gasteiger partial charge in [-0.3, -0.25) is 0 Å². The van der Waals surface area contributed by atoms with Gasteiger partial charge in [-0.15, -0.1) is 0 Å². The molecule has 1 aliphatic heterocycles. The monoisotopic (exact) mass is 259 g/mol. The molecule has 3 nitrogen and oxygen atoms in total. The summed E-state index contributed by atoms with van der Waals surface area (Å²) in [5.41, 5.74) is 2.83. The minimum absolute atomic E-state index is 0.735. The molecular formula is C16H25N3. The molecule has 1 aromatic rings. The van der Waals surface area contributed by atoms with Gasteiger partial charge in [-0.25, -0.2) is 0 Å². The highest BCUT2D eigenvalue weighted by atomic mass is 15.3. The molecule has 0 bridgehead atoms. The molecule has 1 saturated carbocycles. The second kappa shape index (κ2) is 5.41. The molecular weight excluding hydrogens is 234 g/mol. The third-order valence-electron chi connectivity index (χ3n) is 4.82. The molecule has 1 fully saturated rings. The SMILES string of the molecule is CNC1CCC(N2CCN(C)c3ccccc32)CC1. The topological polar surface area (TPSA) is 18.5 Å². The molecule has 0 spiro atoms. The smallest absolute Gasteiger partial charge is 0.0607 e. The summed E-state index contributed by atoms with van der Waals surface area (Å²) in [6.07, 6.45) is 5.28. The number of benzene rings is 1. The van der Waals surface area contributed by atoms with Gasteiger partial charge in [-0.1, -0.05) is 12.1 Å². The fourth-order valence-electron chi connectivity index (χ4n) is 3.58. The van der Waals surface area contributed by atoms with Gasteiger partial charge < -0.3 is 15.1 Å². The van der Waals surface area contributed by atoms with E-state index in [4.69, 9.17) is 0 Å². The highest BCUT2D eigenvalue weighted by molar-refractivity contribution is 5.73. The first-order valence-electron chi connectivity index (χ1n) is 7.53. The number of nitrogens with zero attached hydrogens (tertiary/aromatic N) is 2. The van der Waals surface area contributed by atoms with Crippen molar-refractivity contribution in [1.29, 1.82) is 0 Å². The molecule has 1 aromatic carbocycles. The number of hydrogen-bond donors (Lipinski definition) is 1. The summed E-state index contributed by atoms with van der Waals surface area (Å²) in [5.74, 6) is 0. The van der Waals surface area contributed by atoms with Crippen LogP contribution in [0.25, 0.3) is 0 Å². The van der Waals surface area contributed by atoms with Crippen LogP contribution >= 0.6 is 0 Å². The van der Waals surface area contributed by atoms with Gasteiger partial charge in [0.15, 0.2) is 0 Å².